The van der Waals surface area contributed by atoms with Gasteiger partial charge in [-0.05, 0) is 47.3 Å². The number of nitrogens with zero attached hydrogens (tertiary/aromatic N) is 1. The molecule has 3 aromatic rings. The maximum Gasteiger partial charge on any atom is 0.123 e. The van der Waals surface area contributed by atoms with Crippen molar-refractivity contribution in [2.75, 3.05) is 7.05 Å². The van der Waals surface area contributed by atoms with E-state index in [1.807, 2.05) is 31.4 Å². The van der Waals surface area contributed by atoms with Gasteiger partial charge in [-0.3, -0.25) is 4.98 Å². The van der Waals surface area contributed by atoms with Crippen molar-refractivity contribution in [1.29, 1.82) is 0 Å². The fourth-order valence-corrected chi connectivity index (χ4v) is 2.51. The fourth-order valence-electron chi connectivity index (χ4n) is 2.51. The smallest absolute Gasteiger partial charge is 0.123 e. The first-order valence-corrected chi connectivity index (χ1v) is 6.56. The van der Waals surface area contributed by atoms with Crippen LogP contribution in [0.2, 0.25) is 0 Å². The lowest BCUT2D eigenvalue weighted by molar-refractivity contribution is 0.624. The van der Waals surface area contributed by atoms with Crippen LogP contribution < -0.4 is 5.32 Å². The third kappa shape index (κ3) is 2.28. The minimum absolute atomic E-state index is 0.211. The van der Waals surface area contributed by atoms with Crippen LogP contribution >= 0.6 is 0 Å². The lowest BCUT2D eigenvalue weighted by Crippen LogP contribution is -2.06. The van der Waals surface area contributed by atoms with Crippen LogP contribution in [0.4, 0.5) is 4.39 Å². The molecule has 0 amide bonds. The van der Waals surface area contributed by atoms with E-state index in [1.165, 1.54) is 6.07 Å². The molecule has 0 atom stereocenters. The van der Waals surface area contributed by atoms with E-state index >= 15 is 0 Å². The van der Waals surface area contributed by atoms with Crippen LogP contribution in [0.25, 0.3) is 21.9 Å². The van der Waals surface area contributed by atoms with Gasteiger partial charge in [0.05, 0.1) is 0 Å². The number of rotatable bonds is 3. The van der Waals surface area contributed by atoms with E-state index in [-0.39, 0.29) is 5.82 Å². The van der Waals surface area contributed by atoms with Gasteiger partial charge in [0.25, 0.3) is 0 Å². The topological polar surface area (TPSA) is 24.9 Å². The van der Waals surface area contributed by atoms with Gasteiger partial charge < -0.3 is 5.32 Å². The highest BCUT2D eigenvalue weighted by molar-refractivity contribution is 5.96. The number of aromatic nitrogens is 1. The quantitative estimate of drug-likeness (QED) is 0.780. The molecule has 2 aromatic carbocycles. The Morgan fingerprint density at radius 2 is 2.00 bits per heavy atom. The van der Waals surface area contributed by atoms with Gasteiger partial charge in [-0.1, -0.05) is 24.3 Å². The zero-order chi connectivity index (χ0) is 13.9. The van der Waals surface area contributed by atoms with Gasteiger partial charge in [-0.25, -0.2) is 4.39 Å². The van der Waals surface area contributed by atoms with Crippen LogP contribution in [0, 0.1) is 5.82 Å². The second-order valence-electron chi connectivity index (χ2n) is 4.73. The van der Waals surface area contributed by atoms with E-state index in [1.54, 1.807) is 12.3 Å². The molecule has 100 valence electrons. The summed E-state index contributed by atoms with van der Waals surface area (Å²) in [5.41, 5.74) is 3.07. The van der Waals surface area contributed by atoms with Crippen molar-refractivity contribution in [3.63, 3.8) is 0 Å². The Morgan fingerprint density at radius 3 is 2.85 bits per heavy atom. The molecule has 3 heteroatoms. The van der Waals surface area contributed by atoms with E-state index < -0.39 is 0 Å². The Balaban J connectivity index is 2.25. The Bertz CT molecular complexity index is 748. The number of benzene rings is 2. The number of hydrogen-bond donors (Lipinski definition) is 1. The zero-order valence-electron chi connectivity index (χ0n) is 11.2. The molecule has 1 aromatic heterocycles. The highest BCUT2D eigenvalue weighted by Crippen LogP contribution is 2.31. The fraction of sp³-hybridized carbons (Fsp3) is 0.118. The van der Waals surface area contributed by atoms with Crippen molar-refractivity contribution in [1.82, 2.24) is 10.3 Å². The Hall–Kier alpha value is -2.26. The van der Waals surface area contributed by atoms with E-state index in [9.17, 15) is 4.39 Å². The molecular weight excluding hydrogens is 251 g/mol. The molecule has 3 rings (SSSR count). The van der Waals surface area contributed by atoms with E-state index in [0.717, 1.165) is 27.5 Å². The molecule has 1 heterocycles. The van der Waals surface area contributed by atoms with Crippen molar-refractivity contribution < 1.29 is 4.39 Å². The van der Waals surface area contributed by atoms with Crippen molar-refractivity contribution >= 4 is 10.8 Å². The van der Waals surface area contributed by atoms with Crippen LogP contribution in [0.3, 0.4) is 0 Å². The Morgan fingerprint density at radius 1 is 1.10 bits per heavy atom. The van der Waals surface area contributed by atoms with E-state index in [4.69, 9.17) is 0 Å². The average Bonchev–Trinajstić information content (AvgIpc) is 2.47. The van der Waals surface area contributed by atoms with Crippen LogP contribution in [0.1, 0.15) is 5.56 Å². The summed E-state index contributed by atoms with van der Waals surface area (Å²) in [6, 6.07) is 13.0. The van der Waals surface area contributed by atoms with E-state index in [0.29, 0.717) is 6.54 Å². The standard InChI is InChI=1S/C17H15FN2/c1-19-10-13-9-14(18)5-6-15(13)16-4-2-3-12-7-8-20-11-17(12)16/h2-9,11,19H,10H2,1H3. The molecular formula is C17H15FN2. The highest BCUT2D eigenvalue weighted by Gasteiger charge is 2.09. The summed E-state index contributed by atoms with van der Waals surface area (Å²) in [5.74, 6) is -0.211. The zero-order valence-corrected chi connectivity index (χ0v) is 11.2. The Labute approximate surface area is 117 Å². The minimum Gasteiger partial charge on any atom is -0.316 e. The molecule has 0 fully saturated rings. The summed E-state index contributed by atoms with van der Waals surface area (Å²) >= 11 is 0. The number of halogens is 1. The van der Waals surface area contributed by atoms with E-state index in [2.05, 4.69) is 22.4 Å². The summed E-state index contributed by atoms with van der Waals surface area (Å²) < 4.78 is 13.5. The second kappa shape index (κ2) is 5.39. The number of hydrogen-bond acceptors (Lipinski definition) is 2. The van der Waals surface area contributed by atoms with Crippen LogP contribution in [0.5, 0.6) is 0 Å². The maximum absolute atomic E-state index is 13.5. The molecule has 0 saturated carbocycles. The predicted molar refractivity (Wildman–Crippen MR) is 79.9 cm³/mol. The first-order chi connectivity index (χ1) is 9.79. The first-order valence-electron chi connectivity index (χ1n) is 6.56. The summed E-state index contributed by atoms with van der Waals surface area (Å²) in [7, 11) is 1.86. The number of fused-ring (bicyclic) bond motifs is 1. The predicted octanol–water partition coefficient (Wildman–Crippen LogP) is 3.76. The monoisotopic (exact) mass is 266 g/mol. The molecule has 0 radical (unpaired) electrons. The summed E-state index contributed by atoms with van der Waals surface area (Å²) in [6.07, 6.45) is 3.64. The van der Waals surface area contributed by atoms with Crippen LogP contribution in [-0.4, -0.2) is 12.0 Å². The Kier molecular flexibility index (Phi) is 3.44. The maximum atomic E-state index is 13.5. The van der Waals surface area contributed by atoms with Gasteiger partial charge in [-0.15, -0.1) is 0 Å². The molecule has 0 aliphatic carbocycles. The third-order valence-corrected chi connectivity index (χ3v) is 3.41. The van der Waals surface area contributed by atoms with Gasteiger partial charge >= 0.3 is 0 Å². The minimum atomic E-state index is -0.211. The molecule has 0 unspecified atom stereocenters. The largest absolute Gasteiger partial charge is 0.316 e. The van der Waals surface area contributed by atoms with Crippen molar-refractivity contribution in [2.24, 2.45) is 0 Å². The molecule has 0 bridgehead atoms. The van der Waals surface area contributed by atoms with Crippen molar-refractivity contribution in [2.45, 2.75) is 6.54 Å². The summed E-state index contributed by atoms with van der Waals surface area (Å²) in [5, 5.41) is 5.31. The second-order valence-corrected chi connectivity index (χ2v) is 4.73. The molecule has 0 saturated heterocycles. The van der Waals surface area contributed by atoms with Gasteiger partial charge in [0.15, 0.2) is 0 Å². The SMILES string of the molecule is CNCc1cc(F)ccc1-c1cccc2ccncc12. The summed E-state index contributed by atoms with van der Waals surface area (Å²) in [4.78, 5) is 4.20. The van der Waals surface area contributed by atoms with Crippen molar-refractivity contribution in [3.05, 3.63) is 66.2 Å². The molecule has 0 aliphatic rings. The first kappa shape index (κ1) is 12.8. The van der Waals surface area contributed by atoms with Crippen molar-refractivity contribution in [3.8, 4) is 11.1 Å². The average molecular weight is 266 g/mol. The summed E-state index contributed by atoms with van der Waals surface area (Å²) in [6.45, 7) is 0.629. The molecule has 2 nitrogen and oxygen atoms in total. The lowest BCUT2D eigenvalue weighted by Gasteiger charge is -2.12. The van der Waals surface area contributed by atoms with Gasteiger partial charge in [-0.2, -0.15) is 0 Å². The highest BCUT2D eigenvalue weighted by atomic mass is 19.1. The number of nitrogens with one attached hydrogen (secondary N) is 1. The molecule has 0 aliphatic heterocycles. The van der Waals surface area contributed by atoms with Crippen LogP contribution in [0.15, 0.2) is 54.9 Å². The van der Waals surface area contributed by atoms with Gasteiger partial charge in [0, 0.05) is 24.3 Å². The molecule has 0 spiro atoms. The lowest BCUT2D eigenvalue weighted by atomic mass is 9.95. The molecule has 1 N–H and O–H groups in total. The number of pyridine rings is 1. The third-order valence-electron chi connectivity index (χ3n) is 3.41. The normalized spacial score (nSPS) is 10.9. The van der Waals surface area contributed by atoms with Gasteiger partial charge in [0.2, 0.25) is 0 Å². The van der Waals surface area contributed by atoms with Crippen LogP contribution in [-0.2, 0) is 6.54 Å². The molecule has 20 heavy (non-hydrogen) atoms. The van der Waals surface area contributed by atoms with Gasteiger partial charge in [0.1, 0.15) is 5.82 Å².